The second kappa shape index (κ2) is 6.92. The molecule has 0 spiro atoms. The third kappa shape index (κ3) is 3.37. The Bertz CT molecular complexity index is 780. The molecule has 2 aliphatic heterocycles. The first kappa shape index (κ1) is 16.8. The monoisotopic (exact) mass is 364 g/mol. The molecule has 4 rings (SSSR count). The molecule has 0 unspecified atom stereocenters. The summed E-state index contributed by atoms with van der Waals surface area (Å²) < 4.78 is 7.12. The summed E-state index contributed by atoms with van der Waals surface area (Å²) in [4.78, 5) is 21.3. The van der Waals surface area contributed by atoms with E-state index in [1.165, 1.54) is 0 Å². The van der Waals surface area contributed by atoms with Crippen molar-refractivity contribution in [1.82, 2.24) is 19.2 Å². The van der Waals surface area contributed by atoms with Gasteiger partial charge in [0.2, 0.25) is 0 Å². The van der Waals surface area contributed by atoms with Gasteiger partial charge in [0.25, 0.3) is 5.91 Å². The van der Waals surface area contributed by atoms with Crippen molar-refractivity contribution in [2.24, 2.45) is 0 Å². The molecule has 2 fully saturated rings. The van der Waals surface area contributed by atoms with Crippen LogP contribution in [-0.4, -0.2) is 81.7 Å². The van der Waals surface area contributed by atoms with Crippen molar-refractivity contribution in [2.45, 2.75) is 18.6 Å². The van der Waals surface area contributed by atoms with Crippen LogP contribution in [0.15, 0.2) is 24.5 Å². The summed E-state index contributed by atoms with van der Waals surface area (Å²) >= 11 is 5.99. The zero-order valence-corrected chi connectivity index (χ0v) is 14.6. The van der Waals surface area contributed by atoms with Gasteiger partial charge in [0, 0.05) is 38.6 Å². The zero-order chi connectivity index (χ0) is 17.4. The average molecular weight is 365 g/mol. The molecule has 7 nitrogen and oxygen atoms in total. The number of nitrogens with zero attached hydrogens (tertiary/aromatic N) is 4. The fourth-order valence-electron chi connectivity index (χ4n) is 3.58. The number of aliphatic hydroxyl groups excluding tert-OH is 1. The Hall–Kier alpha value is -1.67. The molecule has 2 aromatic heterocycles. The van der Waals surface area contributed by atoms with E-state index in [1.54, 1.807) is 28.9 Å². The molecule has 0 bridgehead atoms. The predicted molar refractivity (Wildman–Crippen MR) is 92.9 cm³/mol. The first-order chi connectivity index (χ1) is 12.1. The average Bonchev–Trinajstić information content (AvgIpc) is 3.13. The van der Waals surface area contributed by atoms with Crippen molar-refractivity contribution < 1.29 is 14.6 Å². The number of hydrogen-bond donors (Lipinski definition) is 1. The maximum atomic E-state index is 12.8. The Balaban J connectivity index is 1.46. The summed E-state index contributed by atoms with van der Waals surface area (Å²) in [6, 6.07) is 3.59. The molecule has 2 atom stereocenters. The number of aliphatic hydroxyl groups is 1. The molecular formula is C17H21ClN4O3. The summed E-state index contributed by atoms with van der Waals surface area (Å²) in [5, 5.41) is 10.6. The summed E-state index contributed by atoms with van der Waals surface area (Å²) in [6.07, 6.45) is 3.90. The lowest BCUT2D eigenvalue weighted by atomic mass is 10.2. The van der Waals surface area contributed by atoms with E-state index in [-0.39, 0.29) is 11.9 Å². The molecule has 2 aromatic rings. The highest BCUT2D eigenvalue weighted by molar-refractivity contribution is 6.30. The standard InChI is InChI=1S/C17H21ClN4O3/c18-12-2-3-16-19-13(9-22(16)8-12)17(24)21-5-1-4-20(6-7-21)14-10-25-11-15(14)23/h2-3,8-9,14-15,23H,1,4-7,10-11H2/t14-,15-/m0/s1. The topological polar surface area (TPSA) is 70.3 Å². The summed E-state index contributed by atoms with van der Waals surface area (Å²) in [5.41, 5.74) is 1.13. The smallest absolute Gasteiger partial charge is 0.274 e. The number of rotatable bonds is 2. The molecule has 1 N–H and O–H groups in total. The number of hydrogen-bond acceptors (Lipinski definition) is 5. The van der Waals surface area contributed by atoms with Gasteiger partial charge in [0.1, 0.15) is 11.3 Å². The molecule has 0 radical (unpaired) electrons. The van der Waals surface area contributed by atoms with Crippen molar-refractivity contribution in [2.75, 3.05) is 39.4 Å². The Morgan fingerprint density at radius 2 is 2.08 bits per heavy atom. The maximum absolute atomic E-state index is 12.8. The molecule has 134 valence electrons. The summed E-state index contributed by atoms with van der Waals surface area (Å²) in [6.45, 7) is 3.85. The minimum absolute atomic E-state index is 0.0346. The van der Waals surface area contributed by atoms with Gasteiger partial charge < -0.3 is 19.1 Å². The van der Waals surface area contributed by atoms with Crippen LogP contribution in [0.5, 0.6) is 0 Å². The number of ether oxygens (including phenoxy) is 1. The normalized spacial score (nSPS) is 25.4. The molecule has 2 saturated heterocycles. The first-order valence-corrected chi connectivity index (χ1v) is 8.93. The van der Waals surface area contributed by atoms with E-state index in [4.69, 9.17) is 16.3 Å². The molecule has 0 aromatic carbocycles. The van der Waals surface area contributed by atoms with Gasteiger partial charge in [-0.3, -0.25) is 9.69 Å². The molecule has 0 aliphatic carbocycles. The van der Waals surface area contributed by atoms with E-state index >= 15 is 0 Å². The van der Waals surface area contributed by atoms with Crippen LogP contribution >= 0.6 is 11.6 Å². The summed E-state index contributed by atoms with van der Waals surface area (Å²) in [7, 11) is 0. The number of imidazole rings is 1. The predicted octanol–water partition coefficient (Wildman–Crippen LogP) is 0.895. The molecule has 1 amide bonds. The number of amides is 1. The second-order valence-electron chi connectivity index (χ2n) is 6.59. The number of halogens is 1. The van der Waals surface area contributed by atoms with Crippen molar-refractivity contribution in [1.29, 1.82) is 0 Å². The number of carbonyl (C=O) groups is 1. The van der Waals surface area contributed by atoms with E-state index in [1.807, 2.05) is 4.90 Å². The molecule has 25 heavy (non-hydrogen) atoms. The van der Waals surface area contributed by atoms with Gasteiger partial charge in [0.05, 0.1) is 30.4 Å². The first-order valence-electron chi connectivity index (χ1n) is 8.55. The SMILES string of the molecule is O=C(c1cn2cc(Cl)ccc2n1)N1CCCN([C@H]2COC[C@@H]2O)CC1. The van der Waals surface area contributed by atoms with Crippen LogP contribution in [0.3, 0.4) is 0 Å². The Kier molecular flexibility index (Phi) is 4.64. The molecule has 8 heteroatoms. The highest BCUT2D eigenvalue weighted by atomic mass is 35.5. The van der Waals surface area contributed by atoms with Crippen molar-refractivity contribution in [3.8, 4) is 0 Å². The van der Waals surface area contributed by atoms with E-state index in [2.05, 4.69) is 9.88 Å². The van der Waals surface area contributed by atoms with Crippen molar-refractivity contribution in [3.05, 3.63) is 35.2 Å². The fraction of sp³-hybridized carbons (Fsp3) is 0.529. The van der Waals surface area contributed by atoms with Crippen LogP contribution in [0.2, 0.25) is 5.02 Å². The van der Waals surface area contributed by atoms with E-state index in [9.17, 15) is 9.90 Å². The number of aromatic nitrogens is 2. The molecule has 2 aliphatic rings. The van der Waals surface area contributed by atoms with Crippen LogP contribution < -0.4 is 0 Å². The molecule has 0 saturated carbocycles. The van der Waals surface area contributed by atoms with Crippen LogP contribution in [-0.2, 0) is 4.74 Å². The van der Waals surface area contributed by atoms with E-state index < -0.39 is 6.10 Å². The van der Waals surface area contributed by atoms with Crippen LogP contribution in [0.1, 0.15) is 16.9 Å². The highest BCUT2D eigenvalue weighted by Gasteiger charge is 2.33. The van der Waals surface area contributed by atoms with Gasteiger partial charge in [-0.05, 0) is 18.6 Å². The Labute approximate surface area is 150 Å². The highest BCUT2D eigenvalue weighted by Crippen LogP contribution is 2.18. The Morgan fingerprint density at radius 3 is 2.88 bits per heavy atom. The number of fused-ring (bicyclic) bond motifs is 1. The minimum Gasteiger partial charge on any atom is -0.389 e. The van der Waals surface area contributed by atoms with Gasteiger partial charge in [-0.1, -0.05) is 11.6 Å². The van der Waals surface area contributed by atoms with Gasteiger partial charge in [-0.2, -0.15) is 0 Å². The Morgan fingerprint density at radius 1 is 1.20 bits per heavy atom. The largest absolute Gasteiger partial charge is 0.389 e. The van der Waals surface area contributed by atoms with Gasteiger partial charge in [-0.15, -0.1) is 0 Å². The van der Waals surface area contributed by atoms with Crippen LogP contribution in [0.25, 0.3) is 5.65 Å². The van der Waals surface area contributed by atoms with Gasteiger partial charge >= 0.3 is 0 Å². The van der Waals surface area contributed by atoms with Crippen LogP contribution in [0.4, 0.5) is 0 Å². The van der Waals surface area contributed by atoms with Gasteiger partial charge in [-0.25, -0.2) is 4.98 Å². The minimum atomic E-state index is -0.439. The van der Waals surface area contributed by atoms with Crippen LogP contribution in [0, 0.1) is 0 Å². The van der Waals surface area contributed by atoms with E-state index in [0.29, 0.717) is 42.7 Å². The quantitative estimate of drug-likeness (QED) is 0.857. The van der Waals surface area contributed by atoms with Gasteiger partial charge in [0.15, 0.2) is 0 Å². The number of carbonyl (C=O) groups excluding carboxylic acids is 1. The third-order valence-corrected chi connectivity index (χ3v) is 5.17. The lowest BCUT2D eigenvalue weighted by Gasteiger charge is -2.28. The van der Waals surface area contributed by atoms with Crippen molar-refractivity contribution in [3.63, 3.8) is 0 Å². The van der Waals surface area contributed by atoms with Crippen molar-refractivity contribution >= 4 is 23.2 Å². The lowest BCUT2D eigenvalue weighted by Crippen LogP contribution is -2.45. The summed E-state index contributed by atoms with van der Waals surface area (Å²) in [5.74, 6) is -0.0649. The fourth-order valence-corrected chi connectivity index (χ4v) is 3.75. The zero-order valence-electron chi connectivity index (χ0n) is 13.8. The van der Waals surface area contributed by atoms with E-state index in [0.717, 1.165) is 19.5 Å². The number of pyridine rings is 1. The molecular weight excluding hydrogens is 344 g/mol. The third-order valence-electron chi connectivity index (χ3n) is 4.94. The lowest BCUT2D eigenvalue weighted by molar-refractivity contribution is 0.0721. The molecule has 4 heterocycles. The maximum Gasteiger partial charge on any atom is 0.274 e. The second-order valence-corrected chi connectivity index (χ2v) is 7.03.